The van der Waals surface area contributed by atoms with Crippen molar-refractivity contribution in [1.29, 1.82) is 0 Å². The fourth-order valence-corrected chi connectivity index (χ4v) is 2.73. The SMILES string of the molecule is C=N/C=C(F)\C=C(/C)n1cc(N(C)C(=O)CCSC)c(C2CC2)n1. The van der Waals surface area contributed by atoms with E-state index in [1.807, 2.05) is 6.26 Å². The van der Waals surface area contributed by atoms with Crippen LogP contribution in [0.5, 0.6) is 0 Å². The molecule has 1 aliphatic carbocycles. The van der Waals surface area contributed by atoms with Crippen LogP contribution in [0, 0.1) is 0 Å². The van der Waals surface area contributed by atoms with Crippen LogP contribution in [0.25, 0.3) is 5.70 Å². The lowest BCUT2D eigenvalue weighted by atomic mass is 10.2. The fourth-order valence-electron chi connectivity index (χ4n) is 2.35. The molecule has 1 aromatic heterocycles. The number of carbonyl (C=O) groups is 1. The minimum atomic E-state index is -0.489. The van der Waals surface area contributed by atoms with Crippen molar-refractivity contribution in [1.82, 2.24) is 9.78 Å². The third-order valence-corrected chi connectivity index (χ3v) is 4.48. The quantitative estimate of drug-likeness (QED) is 0.528. The summed E-state index contributed by atoms with van der Waals surface area (Å²) in [5.74, 6) is 0.755. The van der Waals surface area contributed by atoms with Crippen LogP contribution in [-0.2, 0) is 4.79 Å². The summed E-state index contributed by atoms with van der Waals surface area (Å²) in [4.78, 5) is 17.4. The molecule has 0 radical (unpaired) electrons. The van der Waals surface area contributed by atoms with E-state index in [0.717, 1.165) is 36.2 Å². The summed E-state index contributed by atoms with van der Waals surface area (Å²) in [6.07, 6.45) is 8.82. The van der Waals surface area contributed by atoms with Gasteiger partial charge in [0.2, 0.25) is 5.91 Å². The van der Waals surface area contributed by atoms with Gasteiger partial charge in [-0.2, -0.15) is 16.9 Å². The van der Waals surface area contributed by atoms with Crippen molar-refractivity contribution in [3.63, 3.8) is 0 Å². The van der Waals surface area contributed by atoms with Crippen LogP contribution in [0.15, 0.2) is 29.3 Å². The van der Waals surface area contributed by atoms with Crippen molar-refractivity contribution in [3.05, 3.63) is 30.0 Å². The number of carbonyl (C=O) groups excluding carboxylic acids is 1. The summed E-state index contributed by atoms with van der Waals surface area (Å²) < 4.78 is 15.2. The van der Waals surface area contributed by atoms with Gasteiger partial charge in [-0.15, -0.1) is 0 Å². The lowest BCUT2D eigenvalue weighted by Crippen LogP contribution is -2.27. The van der Waals surface area contributed by atoms with Crippen LogP contribution in [0.3, 0.4) is 0 Å². The first-order valence-electron chi connectivity index (χ1n) is 7.83. The maximum atomic E-state index is 13.6. The molecule has 1 aliphatic rings. The molecule has 0 saturated heterocycles. The zero-order valence-electron chi connectivity index (χ0n) is 14.3. The van der Waals surface area contributed by atoms with Gasteiger partial charge < -0.3 is 4.90 Å². The molecule has 1 fully saturated rings. The van der Waals surface area contributed by atoms with E-state index in [-0.39, 0.29) is 5.91 Å². The van der Waals surface area contributed by atoms with Crippen molar-refractivity contribution < 1.29 is 9.18 Å². The molecule has 0 bridgehead atoms. The molecular formula is C17H23FN4OS. The van der Waals surface area contributed by atoms with Crippen LogP contribution >= 0.6 is 11.8 Å². The Morgan fingerprint density at radius 3 is 2.92 bits per heavy atom. The van der Waals surface area contributed by atoms with Crippen molar-refractivity contribution in [2.75, 3.05) is 24.0 Å². The molecular weight excluding hydrogens is 327 g/mol. The highest BCUT2D eigenvalue weighted by molar-refractivity contribution is 7.98. The lowest BCUT2D eigenvalue weighted by Gasteiger charge is -2.16. The average Bonchev–Trinajstić information content (AvgIpc) is 3.30. The Morgan fingerprint density at radius 2 is 2.33 bits per heavy atom. The smallest absolute Gasteiger partial charge is 0.227 e. The van der Waals surface area contributed by atoms with E-state index in [0.29, 0.717) is 18.0 Å². The Labute approximate surface area is 146 Å². The number of nitrogens with zero attached hydrogens (tertiary/aromatic N) is 4. The predicted octanol–water partition coefficient (Wildman–Crippen LogP) is 3.85. The predicted molar refractivity (Wildman–Crippen MR) is 99.3 cm³/mol. The summed E-state index contributed by atoms with van der Waals surface area (Å²) >= 11 is 1.65. The normalized spacial score (nSPS) is 15.5. The van der Waals surface area contributed by atoms with Gasteiger partial charge >= 0.3 is 0 Å². The zero-order chi connectivity index (χ0) is 17.7. The van der Waals surface area contributed by atoms with Crippen LogP contribution in [-0.4, -0.2) is 41.5 Å². The van der Waals surface area contributed by atoms with E-state index in [4.69, 9.17) is 0 Å². The number of anilines is 1. The van der Waals surface area contributed by atoms with E-state index < -0.39 is 5.83 Å². The zero-order valence-corrected chi connectivity index (χ0v) is 15.1. The summed E-state index contributed by atoms with van der Waals surface area (Å²) in [5, 5.41) is 4.58. The number of aromatic nitrogens is 2. The second kappa shape index (κ2) is 8.28. The molecule has 1 aromatic rings. The molecule has 0 atom stereocenters. The number of amides is 1. The van der Waals surface area contributed by atoms with E-state index >= 15 is 0 Å². The van der Waals surface area contributed by atoms with Gasteiger partial charge in [0, 0.05) is 30.8 Å². The monoisotopic (exact) mass is 350 g/mol. The number of hydrogen-bond acceptors (Lipinski definition) is 4. The van der Waals surface area contributed by atoms with Gasteiger partial charge in [0.1, 0.15) is 5.83 Å². The number of thioether (sulfide) groups is 1. The molecule has 7 heteroatoms. The fraction of sp³-hybridized carbons (Fsp3) is 0.471. The topological polar surface area (TPSA) is 50.5 Å². The van der Waals surface area contributed by atoms with Gasteiger partial charge in [-0.25, -0.2) is 9.07 Å². The van der Waals surface area contributed by atoms with Crippen molar-refractivity contribution in [2.45, 2.75) is 32.1 Å². The van der Waals surface area contributed by atoms with E-state index in [1.165, 1.54) is 6.08 Å². The number of allylic oxidation sites excluding steroid dienone is 3. The Morgan fingerprint density at radius 1 is 1.62 bits per heavy atom. The number of halogens is 1. The highest BCUT2D eigenvalue weighted by Gasteiger charge is 2.31. The molecule has 0 N–H and O–H groups in total. The molecule has 5 nitrogen and oxygen atoms in total. The van der Waals surface area contributed by atoms with Gasteiger partial charge in [0.15, 0.2) is 0 Å². The van der Waals surface area contributed by atoms with E-state index in [2.05, 4.69) is 16.8 Å². The first kappa shape index (κ1) is 18.4. The molecule has 0 unspecified atom stereocenters. The molecule has 130 valence electrons. The Kier molecular flexibility index (Phi) is 6.36. The number of aliphatic imine (C=N–C) groups is 1. The van der Waals surface area contributed by atoms with Crippen molar-refractivity contribution in [3.8, 4) is 0 Å². The third-order valence-electron chi connectivity index (χ3n) is 3.86. The van der Waals surface area contributed by atoms with Gasteiger partial charge in [-0.05, 0) is 38.8 Å². The molecule has 24 heavy (non-hydrogen) atoms. The number of rotatable bonds is 8. The standard InChI is InChI=1S/C17H23FN4OS/c1-12(9-14(18)10-19-2)22-11-15(17(20-22)13-5-6-13)21(3)16(23)7-8-24-4/h9-11,13H,2,5-8H2,1,3-4H3/b12-9+,14-10+. The van der Waals surface area contributed by atoms with Crippen LogP contribution in [0.2, 0.25) is 0 Å². The summed E-state index contributed by atoms with van der Waals surface area (Å²) in [6.45, 7) is 5.00. The highest BCUT2D eigenvalue weighted by Crippen LogP contribution is 2.43. The Hall–Kier alpha value is -1.89. The van der Waals surface area contributed by atoms with Gasteiger partial charge in [-0.1, -0.05) is 0 Å². The highest BCUT2D eigenvalue weighted by atomic mass is 32.2. The molecule has 1 heterocycles. The number of hydrogen-bond donors (Lipinski definition) is 0. The minimum absolute atomic E-state index is 0.0642. The Balaban J connectivity index is 2.29. The van der Waals surface area contributed by atoms with E-state index in [9.17, 15) is 9.18 Å². The third kappa shape index (κ3) is 4.56. The molecule has 0 aromatic carbocycles. The summed E-state index contributed by atoms with van der Waals surface area (Å²) in [6, 6.07) is 0. The van der Waals surface area contributed by atoms with Crippen LogP contribution in [0.1, 0.15) is 37.8 Å². The molecule has 0 aliphatic heterocycles. The van der Waals surface area contributed by atoms with Crippen molar-refractivity contribution >= 4 is 35.8 Å². The summed E-state index contributed by atoms with van der Waals surface area (Å²) in [5.41, 5.74) is 2.34. The first-order valence-corrected chi connectivity index (χ1v) is 9.22. The van der Waals surface area contributed by atoms with Crippen LogP contribution < -0.4 is 4.90 Å². The summed E-state index contributed by atoms with van der Waals surface area (Å²) in [7, 11) is 1.77. The second-order valence-corrected chi connectivity index (χ2v) is 6.78. The van der Waals surface area contributed by atoms with Gasteiger partial charge in [0.05, 0.1) is 23.8 Å². The van der Waals surface area contributed by atoms with Gasteiger partial charge in [0.25, 0.3) is 0 Å². The van der Waals surface area contributed by atoms with Crippen LogP contribution in [0.4, 0.5) is 10.1 Å². The maximum absolute atomic E-state index is 13.6. The lowest BCUT2D eigenvalue weighted by molar-refractivity contribution is -0.117. The molecule has 0 spiro atoms. The van der Waals surface area contributed by atoms with Gasteiger partial charge in [-0.3, -0.25) is 9.79 Å². The largest absolute Gasteiger partial charge is 0.312 e. The van der Waals surface area contributed by atoms with E-state index in [1.54, 1.807) is 41.5 Å². The minimum Gasteiger partial charge on any atom is -0.312 e. The average molecular weight is 350 g/mol. The second-order valence-electron chi connectivity index (χ2n) is 5.80. The van der Waals surface area contributed by atoms with Crippen molar-refractivity contribution in [2.24, 2.45) is 4.99 Å². The first-order chi connectivity index (χ1) is 11.5. The Bertz CT molecular complexity index is 676. The molecule has 1 saturated carbocycles. The molecule has 2 rings (SSSR count). The maximum Gasteiger partial charge on any atom is 0.227 e. The molecule has 1 amide bonds.